The third-order valence-corrected chi connectivity index (χ3v) is 4.90. The number of hydrogen-bond acceptors (Lipinski definition) is 4. The second-order valence-electron chi connectivity index (χ2n) is 5.58. The molecule has 0 saturated carbocycles. The topological polar surface area (TPSA) is 35.2 Å². The van der Waals surface area contributed by atoms with E-state index in [9.17, 15) is 0 Å². The minimum Gasteiger partial charge on any atom is -0.376 e. The van der Waals surface area contributed by atoms with Crippen molar-refractivity contribution in [1.29, 1.82) is 0 Å². The van der Waals surface area contributed by atoms with Crippen molar-refractivity contribution < 1.29 is 4.74 Å². The van der Waals surface area contributed by atoms with Gasteiger partial charge in [-0.1, -0.05) is 40.2 Å². The fraction of sp³-hybridized carbons (Fsp3) is 0.857. The van der Waals surface area contributed by atoms with Crippen molar-refractivity contribution in [3.05, 3.63) is 12.2 Å². The summed E-state index contributed by atoms with van der Waals surface area (Å²) in [5.74, 6) is 2.16. The Labute approximate surface area is 121 Å². The molecule has 4 heteroatoms. The quantitative estimate of drug-likeness (QED) is 0.371. The molecule has 0 aromatic heterocycles. The first-order valence-electron chi connectivity index (χ1n) is 6.62. The van der Waals surface area contributed by atoms with Crippen LogP contribution in [0, 0.1) is 0 Å². The third kappa shape index (κ3) is 12.8. The van der Waals surface area contributed by atoms with Gasteiger partial charge in [-0.05, 0) is 40.5 Å². The van der Waals surface area contributed by atoms with Crippen LogP contribution in [0.1, 0.15) is 47.0 Å². The molecule has 2 nitrogen and oxygen atoms in total. The summed E-state index contributed by atoms with van der Waals surface area (Å²) in [5, 5.41) is 0. The summed E-state index contributed by atoms with van der Waals surface area (Å²) in [7, 11) is 3.77. The summed E-state index contributed by atoms with van der Waals surface area (Å²) in [6.45, 7) is 13.0. The van der Waals surface area contributed by atoms with Crippen LogP contribution in [0.3, 0.4) is 0 Å². The van der Waals surface area contributed by atoms with Gasteiger partial charge < -0.3 is 10.5 Å². The van der Waals surface area contributed by atoms with E-state index in [0.29, 0.717) is 0 Å². The molecule has 0 aliphatic heterocycles. The van der Waals surface area contributed by atoms with Crippen molar-refractivity contribution in [2.45, 2.75) is 58.6 Å². The van der Waals surface area contributed by atoms with E-state index in [0.717, 1.165) is 24.4 Å². The first-order valence-corrected chi connectivity index (χ1v) is 9.11. The second-order valence-corrected chi connectivity index (χ2v) is 8.21. The number of rotatable bonds is 10. The molecular weight excluding hydrogens is 262 g/mol. The van der Waals surface area contributed by atoms with Gasteiger partial charge in [0.1, 0.15) is 0 Å². The zero-order valence-corrected chi connectivity index (χ0v) is 14.0. The number of hydrogen-bond donors (Lipinski definition) is 1. The molecule has 0 saturated heterocycles. The highest BCUT2D eigenvalue weighted by Crippen LogP contribution is 2.24. The lowest BCUT2D eigenvalue weighted by molar-refractivity contribution is -0.00458. The van der Waals surface area contributed by atoms with E-state index >= 15 is 0 Å². The first-order chi connectivity index (χ1) is 8.33. The number of unbranched alkanes of at least 4 members (excludes halogenated alkanes) is 2. The van der Waals surface area contributed by atoms with Gasteiger partial charge in [-0.25, -0.2) is 0 Å². The molecule has 0 aromatic carbocycles. The molecule has 1 atom stereocenters. The monoisotopic (exact) mass is 291 g/mol. The zero-order valence-electron chi connectivity index (χ0n) is 12.3. The third-order valence-electron chi connectivity index (χ3n) is 2.37. The average molecular weight is 292 g/mol. The van der Waals surface area contributed by atoms with Crippen LogP contribution in [0.2, 0.25) is 0 Å². The summed E-state index contributed by atoms with van der Waals surface area (Å²) in [6, 6.07) is 0.141. The van der Waals surface area contributed by atoms with Gasteiger partial charge in [0.25, 0.3) is 0 Å². The Morgan fingerprint density at radius 1 is 1.22 bits per heavy atom. The molecule has 0 bridgehead atoms. The number of nitrogens with two attached hydrogens (primary N) is 1. The van der Waals surface area contributed by atoms with Crippen molar-refractivity contribution in [3.8, 4) is 0 Å². The molecular formula is C14H29NOS2. The van der Waals surface area contributed by atoms with Crippen molar-refractivity contribution in [2.75, 3.05) is 18.1 Å². The minimum atomic E-state index is 0.00326. The number of ether oxygens (including phenoxy) is 1. The molecule has 2 N–H and O–H groups in total. The predicted octanol–water partition coefficient (Wildman–Crippen LogP) is 4.26. The van der Waals surface area contributed by atoms with E-state index in [1.807, 2.05) is 28.5 Å². The molecule has 0 radical (unpaired) electrons. The molecule has 0 aliphatic carbocycles. The molecule has 108 valence electrons. The van der Waals surface area contributed by atoms with E-state index in [2.05, 4.69) is 27.4 Å². The van der Waals surface area contributed by atoms with Gasteiger partial charge in [-0.3, -0.25) is 0 Å². The fourth-order valence-corrected chi connectivity index (χ4v) is 3.54. The highest BCUT2D eigenvalue weighted by atomic mass is 33.1. The van der Waals surface area contributed by atoms with Gasteiger partial charge >= 0.3 is 0 Å². The lowest BCUT2D eigenvalue weighted by Gasteiger charge is -2.19. The molecule has 0 rings (SSSR count). The maximum Gasteiger partial charge on any atom is 0.0598 e. The van der Waals surface area contributed by atoms with Gasteiger partial charge in [-0.15, -0.1) is 0 Å². The fourth-order valence-electron chi connectivity index (χ4n) is 1.14. The van der Waals surface area contributed by atoms with E-state index in [4.69, 9.17) is 10.5 Å². The standard InChI is InChI=1S/C14H29NOS2/c1-12(2)13(15)11-18-17-10-8-6-7-9-16-14(3,4)5/h13H,1,6-11,15H2,2-5H3. The average Bonchev–Trinajstić information content (AvgIpc) is 2.24. The SMILES string of the molecule is C=C(C)C(N)CSSCCCCCOC(C)(C)C. The summed E-state index contributed by atoms with van der Waals surface area (Å²) in [4.78, 5) is 0. The summed E-state index contributed by atoms with van der Waals surface area (Å²) < 4.78 is 5.68. The van der Waals surface area contributed by atoms with Gasteiger partial charge in [-0.2, -0.15) is 0 Å². The highest BCUT2D eigenvalue weighted by Gasteiger charge is 2.08. The van der Waals surface area contributed by atoms with E-state index in [1.165, 1.54) is 18.6 Å². The molecule has 0 amide bonds. The first kappa shape index (κ1) is 18.4. The van der Waals surface area contributed by atoms with Crippen LogP contribution in [0.5, 0.6) is 0 Å². The minimum absolute atomic E-state index is 0.00326. The van der Waals surface area contributed by atoms with Crippen molar-refractivity contribution in [3.63, 3.8) is 0 Å². The maximum absolute atomic E-state index is 5.89. The van der Waals surface area contributed by atoms with Gasteiger partial charge in [0.15, 0.2) is 0 Å². The Bertz CT molecular complexity index is 226. The van der Waals surface area contributed by atoms with Crippen LogP contribution in [-0.2, 0) is 4.74 Å². The van der Waals surface area contributed by atoms with E-state index in [1.54, 1.807) is 0 Å². The van der Waals surface area contributed by atoms with Crippen LogP contribution in [0.15, 0.2) is 12.2 Å². The van der Waals surface area contributed by atoms with Crippen LogP contribution in [0.25, 0.3) is 0 Å². The Balaban J connectivity index is 3.20. The van der Waals surface area contributed by atoms with Crippen molar-refractivity contribution in [1.82, 2.24) is 0 Å². The van der Waals surface area contributed by atoms with Crippen LogP contribution in [0.4, 0.5) is 0 Å². The molecule has 0 aliphatic rings. The Kier molecular flexibility index (Phi) is 10.4. The van der Waals surface area contributed by atoms with E-state index < -0.39 is 0 Å². The van der Waals surface area contributed by atoms with Crippen molar-refractivity contribution in [2.24, 2.45) is 5.73 Å². The molecule has 1 unspecified atom stereocenters. The second kappa shape index (κ2) is 10.2. The predicted molar refractivity (Wildman–Crippen MR) is 87.3 cm³/mol. The maximum atomic E-state index is 5.89. The normalized spacial score (nSPS) is 13.6. The largest absolute Gasteiger partial charge is 0.376 e. The highest BCUT2D eigenvalue weighted by molar-refractivity contribution is 8.76. The molecule has 18 heavy (non-hydrogen) atoms. The molecule has 0 heterocycles. The summed E-state index contributed by atoms with van der Waals surface area (Å²) >= 11 is 0. The Morgan fingerprint density at radius 3 is 2.44 bits per heavy atom. The van der Waals surface area contributed by atoms with Gasteiger partial charge in [0, 0.05) is 24.2 Å². The van der Waals surface area contributed by atoms with Crippen LogP contribution >= 0.6 is 21.6 Å². The Hall–Kier alpha value is 0.360. The molecule has 0 spiro atoms. The summed E-state index contributed by atoms with van der Waals surface area (Å²) in [6.07, 6.45) is 3.66. The van der Waals surface area contributed by atoms with Crippen LogP contribution < -0.4 is 5.73 Å². The zero-order chi connectivity index (χ0) is 14.0. The lowest BCUT2D eigenvalue weighted by Crippen LogP contribution is -2.23. The van der Waals surface area contributed by atoms with Crippen LogP contribution in [-0.4, -0.2) is 29.8 Å². The molecule has 0 fully saturated rings. The lowest BCUT2D eigenvalue weighted by atomic mass is 10.2. The van der Waals surface area contributed by atoms with Gasteiger partial charge in [0.05, 0.1) is 5.60 Å². The smallest absolute Gasteiger partial charge is 0.0598 e. The summed E-state index contributed by atoms with van der Waals surface area (Å²) in [5.41, 5.74) is 6.96. The Morgan fingerprint density at radius 2 is 1.89 bits per heavy atom. The van der Waals surface area contributed by atoms with E-state index in [-0.39, 0.29) is 11.6 Å². The van der Waals surface area contributed by atoms with Crippen molar-refractivity contribution >= 4 is 21.6 Å². The molecule has 0 aromatic rings. The van der Waals surface area contributed by atoms with Gasteiger partial charge in [0.2, 0.25) is 0 Å².